The zero-order valence-corrected chi connectivity index (χ0v) is 21.7. The fourth-order valence-electron chi connectivity index (χ4n) is 5.25. The summed E-state index contributed by atoms with van der Waals surface area (Å²) in [5, 5.41) is 22.9. The zero-order chi connectivity index (χ0) is 26.8. The van der Waals surface area contributed by atoms with Crippen LogP contribution in [0.2, 0.25) is 0 Å². The van der Waals surface area contributed by atoms with E-state index in [-0.39, 0.29) is 34.3 Å². The maximum Gasteiger partial charge on any atom is 0.276 e. The third-order valence-electron chi connectivity index (χ3n) is 7.52. The molecule has 1 aliphatic rings. The number of halogens is 2. The highest BCUT2D eigenvalue weighted by atomic mass is 19.1. The topological polar surface area (TPSA) is 97.8 Å². The molecule has 0 saturated heterocycles. The third-order valence-corrected chi connectivity index (χ3v) is 7.52. The Kier molecular flexibility index (Phi) is 5.75. The SMILES string of the molecule is CC1c2cc(-c3c(F)cccc3F)nnc2[C@](C)(c2cccc(-c3nc(C(C)(C)O)no3)n2)CC1(C)C. The quantitative estimate of drug-likeness (QED) is 0.367. The summed E-state index contributed by atoms with van der Waals surface area (Å²) in [4.78, 5) is 9.18. The van der Waals surface area contributed by atoms with Crippen molar-refractivity contribution in [2.75, 3.05) is 0 Å². The number of nitrogens with zero attached hydrogens (tertiary/aromatic N) is 5. The van der Waals surface area contributed by atoms with E-state index in [1.807, 2.05) is 12.1 Å². The summed E-state index contributed by atoms with van der Waals surface area (Å²) in [6.45, 7) is 11.6. The first kappa shape index (κ1) is 25.1. The van der Waals surface area contributed by atoms with Gasteiger partial charge in [0, 0.05) is 0 Å². The summed E-state index contributed by atoms with van der Waals surface area (Å²) < 4.78 is 34.5. The van der Waals surface area contributed by atoms with Gasteiger partial charge in [-0.2, -0.15) is 10.1 Å². The second-order valence-electron chi connectivity index (χ2n) is 11.2. The molecule has 2 atom stereocenters. The van der Waals surface area contributed by atoms with Crippen LogP contribution in [0.3, 0.4) is 0 Å². The first-order valence-corrected chi connectivity index (χ1v) is 12.2. The van der Waals surface area contributed by atoms with Crippen LogP contribution in [-0.4, -0.2) is 30.4 Å². The largest absolute Gasteiger partial charge is 0.382 e. The van der Waals surface area contributed by atoms with Gasteiger partial charge in [0.25, 0.3) is 5.89 Å². The second-order valence-corrected chi connectivity index (χ2v) is 11.2. The summed E-state index contributed by atoms with van der Waals surface area (Å²) >= 11 is 0. The highest BCUT2D eigenvalue weighted by molar-refractivity contribution is 5.62. The lowest BCUT2D eigenvalue weighted by Gasteiger charge is -2.46. The van der Waals surface area contributed by atoms with Gasteiger partial charge in [0.2, 0.25) is 5.82 Å². The highest BCUT2D eigenvalue weighted by Crippen LogP contribution is 2.54. The van der Waals surface area contributed by atoms with E-state index in [9.17, 15) is 13.9 Å². The Labute approximate surface area is 214 Å². The van der Waals surface area contributed by atoms with Crippen LogP contribution in [0.4, 0.5) is 8.78 Å². The number of rotatable bonds is 4. The van der Waals surface area contributed by atoms with Crippen LogP contribution in [0, 0.1) is 17.0 Å². The highest BCUT2D eigenvalue weighted by Gasteiger charge is 2.48. The van der Waals surface area contributed by atoms with Gasteiger partial charge >= 0.3 is 0 Å². The maximum absolute atomic E-state index is 14.6. The Morgan fingerprint density at radius 1 is 0.973 bits per heavy atom. The molecule has 37 heavy (non-hydrogen) atoms. The van der Waals surface area contributed by atoms with Gasteiger partial charge in [-0.1, -0.05) is 38.1 Å². The van der Waals surface area contributed by atoms with Crippen LogP contribution >= 0.6 is 0 Å². The molecule has 3 heterocycles. The molecule has 0 bridgehead atoms. The van der Waals surface area contributed by atoms with E-state index >= 15 is 0 Å². The van der Waals surface area contributed by atoms with E-state index in [1.54, 1.807) is 26.0 Å². The van der Waals surface area contributed by atoms with Crippen molar-refractivity contribution in [1.29, 1.82) is 0 Å². The molecule has 9 heteroatoms. The molecule has 4 aromatic rings. The molecule has 7 nitrogen and oxygen atoms in total. The van der Waals surface area contributed by atoms with Gasteiger partial charge in [0.05, 0.1) is 28.1 Å². The molecule has 0 aliphatic heterocycles. The normalized spacial score (nSPS) is 21.1. The van der Waals surface area contributed by atoms with Gasteiger partial charge in [0.15, 0.2) is 0 Å². The maximum atomic E-state index is 14.6. The van der Waals surface area contributed by atoms with Gasteiger partial charge in [-0.25, -0.2) is 13.8 Å². The molecule has 5 rings (SSSR count). The van der Waals surface area contributed by atoms with Crippen LogP contribution in [0.5, 0.6) is 0 Å². The predicted molar refractivity (Wildman–Crippen MR) is 133 cm³/mol. The summed E-state index contributed by atoms with van der Waals surface area (Å²) in [6.07, 6.45) is 0.714. The van der Waals surface area contributed by atoms with Gasteiger partial charge in [-0.15, -0.1) is 5.10 Å². The summed E-state index contributed by atoms with van der Waals surface area (Å²) in [5.74, 6) is -0.952. The lowest BCUT2D eigenvalue weighted by Crippen LogP contribution is -2.41. The van der Waals surface area contributed by atoms with Crippen molar-refractivity contribution in [1.82, 2.24) is 25.3 Å². The van der Waals surface area contributed by atoms with Crippen molar-refractivity contribution in [2.45, 2.75) is 64.9 Å². The summed E-state index contributed by atoms with van der Waals surface area (Å²) in [5.41, 5.74) is 0.672. The minimum absolute atomic E-state index is 0.0492. The van der Waals surface area contributed by atoms with Gasteiger partial charge in [-0.05, 0) is 74.4 Å². The number of aliphatic hydroxyl groups is 1. The summed E-state index contributed by atoms with van der Waals surface area (Å²) in [6, 6.07) is 11.1. The van der Waals surface area contributed by atoms with Crippen molar-refractivity contribution in [3.63, 3.8) is 0 Å². The lowest BCUT2D eigenvalue weighted by molar-refractivity contribution is 0.0661. The zero-order valence-electron chi connectivity index (χ0n) is 21.7. The summed E-state index contributed by atoms with van der Waals surface area (Å²) in [7, 11) is 0. The van der Waals surface area contributed by atoms with Gasteiger partial charge < -0.3 is 9.63 Å². The van der Waals surface area contributed by atoms with Crippen LogP contribution in [-0.2, 0) is 11.0 Å². The van der Waals surface area contributed by atoms with Gasteiger partial charge in [0.1, 0.15) is 22.9 Å². The minimum atomic E-state index is -1.25. The standard InChI is InChI=1S/C28H29F2N5O2/c1-15-16-13-20(22-17(29)9-7-10-18(22)30)33-34-23(16)28(6,14-26(15,2)3)21-12-8-11-19(31-21)24-32-25(35-37-24)27(4,5)36/h7-13,15,36H,14H2,1-6H3/t15?,28-/m0/s1. The van der Waals surface area contributed by atoms with Crippen molar-refractivity contribution in [3.8, 4) is 22.8 Å². The second kappa shape index (κ2) is 8.48. The Bertz CT molecular complexity index is 1470. The first-order valence-electron chi connectivity index (χ1n) is 12.2. The van der Waals surface area contributed by atoms with Crippen molar-refractivity contribution in [3.05, 3.63) is 76.9 Å². The molecule has 0 radical (unpaired) electrons. The van der Waals surface area contributed by atoms with Crippen LogP contribution < -0.4 is 0 Å². The third kappa shape index (κ3) is 4.21. The Morgan fingerprint density at radius 2 is 1.65 bits per heavy atom. The first-order chi connectivity index (χ1) is 17.3. The molecule has 1 aromatic carbocycles. The van der Waals surface area contributed by atoms with E-state index in [2.05, 4.69) is 48.0 Å². The van der Waals surface area contributed by atoms with E-state index in [4.69, 9.17) is 9.51 Å². The number of hydrogen-bond donors (Lipinski definition) is 1. The number of fused-ring (bicyclic) bond motifs is 1. The molecular weight excluding hydrogens is 476 g/mol. The smallest absolute Gasteiger partial charge is 0.276 e. The fraction of sp³-hybridized carbons (Fsp3) is 0.393. The average Bonchev–Trinajstić information content (AvgIpc) is 3.34. The van der Waals surface area contributed by atoms with Gasteiger partial charge in [-0.3, -0.25) is 0 Å². The Hall–Kier alpha value is -3.59. The molecule has 1 unspecified atom stereocenters. The van der Waals surface area contributed by atoms with Crippen LogP contribution in [0.25, 0.3) is 22.8 Å². The molecule has 0 fully saturated rings. The molecule has 0 saturated carbocycles. The predicted octanol–water partition coefficient (Wildman–Crippen LogP) is 5.93. The Balaban J connectivity index is 1.64. The monoisotopic (exact) mass is 505 g/mol. The van der Waals surface area contributed by atoms with Crippen molar-refractivity contribution in [2.24, 2.45) is 5.41 Å². The minimum Gasteiger partial charge on any atom is -0.382 e. The molecule has 1 N–H and O–H groups in total. The molecule has 3 aromatic heterocycles. The number of pyridine rings is 1. The van der Waals surface area contributed by atoms with E-state index < -0.39 is 22.7 Å². The van der Waals surface area contributed by atoms with Crippen LogP contribution in [0.1, 0.15) is 76.7 Å². The van der Waals surface area contributed by atoms with E-state index in [0.717, 1.165) is 11.3 Å². The van der Waals surface area contributed by atoms with Crippen molar-refractivity contribution >= 4 is 0 Å². The molecule has 192 valence electrons. The van der Waals surface area contributed by atoms with E-state index in [0.29, 0.717) is 17.8 Å². The van der Waals surface area contributed by atoms with Crippen LogP contribution in [0.15, 0.2) is 47.0 Å². The molecule has 1 aliphatic carbocycles. The number of aromatic nitrogens is 5. The number of benzene rings is 1. The Morgan fingerprint density at radius 3 is 2.30 bits per heavy atom. The lowest BCUT2D eigenvalue weighted by atomic mass is 9.58. The molecule has 0 amide bonds. The molecular formula is C28H29F2N5O2. The average molecular weight is 506 g/mol. The van der Waals surface area contributed by atoms with E-state index in [1.165, 1.54) is 18.2 Å². The van der Waals surface area contributed by atoms with Crippen molar-refractivity contribution < 1.29 is 18.4 Å². The number of hydrogen-bond acceptors (Lipinski definition) is 7. The molecule has 0 spiro atoms. The fourth-order valence-corrected chi connectivity index (χ4v) is 5.25.